The second kappa shape index (κ2) is 8.64. The Kier molecular flexibility index (Phi) is 6.03. The van der Waals surface area contributed by atoms with Gasteiger partial charge in [0.1, 0.15) is 18.2 Å². The van der Waals surface area contributed by atoms with E-state index in [0.717, 1.165) is 5.56 Å². The maximum Gasteiger partial charge on any atom is 0.258 e. The van der Waals surface area contributed by atoms with Crippen molar-refractivity contribution in [3.63, 3.8) is 0 Å². The molecule has 6 nitrogen and oxygen atoms in total. The van der Waals surface area contributed by atoms with Crippen LogP contribution in [0.1, 0.15) is 15.9 Å². The Bertz CT molecular complexity index is 840. The molecule has 2 amide bonds. The van der Waals surface area contributed by atoms with Crippen molar-refractivity contribution >= 4 is 17.5 Å². The average Bonchev–Trinajstić information content (AvgIpc) is 2.67. The van der Waals surface area contributed by atoms with Crippen molar-refractivity contribution in [2.45, 2.75) is 6.42 Å². The van der Waals surface area contributed by atoms with Crippen LogP contribution in [0.2, 0.25) is 0 Å². The molecule has 2 aromatic carbocycles. The number of amides is 2. The summed E-state index contributed by atoms with van der Waals surface area (Å²) in [6.45, 7) is 1.19. The maximum absolute atomic E-state index is 13.7. The Morgan fingerprint density at radius 3 is 2.85 bits per heavy atom. The van der Waals surface area contributed by atoms with Gasteiger partial charge < -0.3 is 20.1 Å². The van der Waals surface area contributed by atoms with E-state index in [4.69, 9.17) is 9.47 Å². The maximum atomic E-state index is 13.7. The van der Waals surface area contributed by atoms with Crippen LogP contribution in [0.5, 0.6) is 5.75 Å². The first-order chi connectivity index (χ1) is 13.1. The Morgan fingerprint density at radius 1 is 1.26 bits per heavy atom. The van der Waals surface area contributed by atoms with Crippen molar-refractivity contribution in [1.82, 2.24) is 5.32 Å². The van der Waals surface area contributed by atoms with E-state index < -0.39 is 11.7 Å². The molecular weight excluding hydrogens is 351 g/mol. The lowest BCUT2D eigenvalue weighted by molar-refractivity contribution is -0.126. The number of methoxy groups -OCH3 is 1. The van der Waals surface area contributed by atoms with Gasteiger partial charge in [-0.1, -0.05) is 12.1 Å². The van der Waals surface area contributed by atoms with Gasteiger partial charge in [-0.15, -0.1) is 0 Å². The number of benzene rings is 2. The smallest absolute Gasteiger partial charge is 0.258 e. The minimum Gasteiger partial charge on any atom is -0.492 e. The second-order valence-corrected chi connectivity index (χ2v) is 6.25. The lowest BCUT2D eigenvalue weighted by Gasteiger charge is -2.25. The molecule has 1 aliphatic heterocycles. The summed E-state index contributed by atoms with van der Waals surface area (Å²) >= 11 is 0. The minimum atomic E-state index is -0.580. The van der Waals surface area contributed by atoms with E-state index in [-0.39, 0.29) is 17.4 Å². The number of nitrogens with one attached hydrogen (secondary N) is 2. The van der Waals surface area contributed by atoms with Crippen LogP contribution < -0.4 is 15.4 Å². The first kappa shape index (κ1) is 18.8. The van der Waals surface area contributed by atoms with Crippen molar-refractivity contribution in [1.29, 1.82) is 0 Å². The SMILES string of the molecule is COCCNC(=O)[C@@H]1COc2ccc(NC(=O)c3ccccc3F)cc2C1. The van der Waals surface area contributed by atoms with Crippen molar-refractivity contribution in [2.24, 2.45) is 5.92 Å². The van der Waals surface area contributed by atoms with Crippen LogP contribution in [0.3, 0.4) is 0 Å². The molecule has 0 spiro atoms. The van der Waals surface area contributed by atoms with Crippen LogP contribution in [-0.4, -0.2) is 38.7 Å². The normalized spacial score (nSPS) is 15.4. The van der Waals surface area contributed by atoms with E-state index in [9.17, 15) is 14.0 Å². The predicted octanol–water partition coefficient (Wildman–Crippen LogP) is 2.39. The molecule has 0 bridgehead atoms. The summed E-state index contributed by atoms with van der Waals surface area (Å²) in [5.41, 5.74) is 1.31. The fourth-order valence-corrected chi connectivity index (χ4v) is 2.91. The van der Waals surface area contributed by atoms with E-state index >= 15 is 0 Å². The predicted molar refractivity (Wildman–Crippen MR) is 98.4 cm³/mol. The molecule has 1 heterocycles. The first-order valence-corrected chi connectivity index (χ1v) is 8.66. The van der Waals surface area contributed by atoms with Crippen molar-refractivity contribution in [2.75, 3.05) is 32.2 Å². The molecular formula is C20H21FN2O4. The molecule has 142 valence electrons. The van der Waals surface area contributed by atoms with Gasteiger partial charge in [-0.2, -0.15) is 0 Å². The van der Waals surface area contributed by atoms with Gasteiger partial charge >= 0.3 is 0 Å². The van der Waals surface area contributed by atoms with Crippen LogP contribution in [0.25, 0.3) is 0 Å². The molecule has 2 aromatic rings. The number of hydrogen-bond donors (Lipinski definition) is 2. The molecule has 0 fully saturated rings. The molecule has 0 saturated heterocycles. The zero-order valence-corrected chi connectivity index (χ0v) is 15.0. The van der Waals surface area contributed by atoms with Crippen molar-refractivity contribution < 1.29 is 23.5 Å². The Hall–Kier alpha value is -2.93. The number of halogens is 1. The second-order valence-electron chi connectivity index (χ2n) is 6.25. The Morgan fingerprint density at radius 2 is 2.07 bits per heavy atom. The highest BCUT2D eigenvalue weighted by Crippen LogP contribution is 2.30. The van der Waals surface area contributed by atoms with Gasteiger partial charge in [-0.3, -0.25) is 9.59 Å². The molecule has 0 aliphatic carbocycles. The summed E-state index contributed by atoms with van der Waals surface area (Å²) in [6.07, 6.45) is 0.498. The summed E-state index contributed by atoms with van der Waals surface area (Å²) in [7, 11) is 1.57. The van der Waals surface area contributed by atoms with Crippen molar-refractivity contribution in [3.8, 4) is 5.75 Å². The summed E-state index contributed by atoms with van der Waals surface area (Å²) in [5, 5.41) is 5.49. The van der Waals surface area contributed by atoms with Gasteiger partial charge in [0.05, 0.1) is 18.1 Å². The summed E-state index contributed by atoms with van der Waals surface area (Å²) in [5.74, 6) is -0.840. The molecule has 1 aliphatic rings. The van der Waals surface area contributed by atoms with E-state index in [1.807, 2.05) is 0 Å². The third-order valence-electron chi connectivity index (χ3n) is 4.32. The van der Waals surface area contributed by atoms with E-state index in [2.05, 4.69) is 10.6 Å². The number of ether oxygens (including phenoxy) is 2. The minimum absolute atomic E-state index is 0.0260. The highest BCUT2D eigenvalue weighted by Gasteiger charge is 2.26. The molecule has 0 unspecified atom stereocenters. The number of rotatable bonds is 6. The topological polar surface area (TPSA) is 76.7 Å². The fraction of sp³-hybridized carbons (Fsp3) is 0.300. The molecule has 27 heavy (non-hydrogen) atoms. The van der Waals surface area contributed by atoms with E-state index in [1.165, 1.54) is 18.2 Å². The Labute approximate surface area is 156 Å². The zero-order valence-electron chi connectivity index (χ0n) is 15.0. The van der Waals surface area contributed by atoms with Crippen LogP contribution in [0.4, 0.5) is 10.1 Å². The number of carbonyl (C=O) groups is 2. The third kappa shape index (κ3) is 4.62. The average molecular weight is 372 g/mol. The highest BCUT2D eigenvalue weighted by atomic mass is 19.1. The Balaban J connectivity index is 1.68. The van der Waals surface area contributed by atoms with Crippen LogP contribution >= 0.6 is 0 Å². The van der Waals surface area contributed by atoms with Gasteiger partial charge in [0.2, 0.25) is 5.91 Å². The molecule has 1 atom stereocenters. The van der Waals surface area contributed by atoms with Gasteiger partial charge in [0, 0.05) is 19.3 Å². The standard InChI is InChI=1S/C20H21FN2O4/c1-26-9-8-22-19(24)14-10-13-11-15(6-7-18(13)27-12-14)23-20(25)16-4-2-3-5-17(16)21/h2-7,11,14H,8-10,12H2,1H3,(H,22,24)(H,23,25)/t14-/m0/s1. The van der Waals surface area contributed by atoms with Gasteiger partial charge in [0.15, 0.2) is 0 Å². The summed E-state index contributed by atoms with van der Waals surface area (Å²) in [4.78, 5) is 24.5. The van der Waals surface area contributed by atoms with Gasteiger partial charge in [-0.05, 0) is 42.3 Å². The molecule has 0 saturated carbocycles. The summed E-state index contributed by atoms with van der Waals surface area (Å²) < 4.78 is 24.3. The van der Waals surface area contributed by atoms with Crippen LogP contribution in [0, 0.1) is 11.7 Å². The zero-order chi connectivity index (χ0) is 19.2. The van der Waals surface area contributed by atoms with Gasteiger partial charge in [-0.25, -0.2) is 4.39 Å². The quantitative estimate of drug-likeness (QED) is 0.764. The number of carbonyl (C=O) groups excluding carboxylic acids is 2. The largest absolute Gasteiger partial charge is 0.492 e. The number of anilines is 1. The van der Waals surface area contributed by atoms with E-state index in [0.29, 0.717) is 37.6 Å². The molecule has 2 N–H and O–H groups in total. The number of fused-ring (bicyclic) bond motifs is 1. The lowest BCUT2D eigenvalue weighted by atomic mass is 9.95. The first-order valence-electron chi connectivity index (χ1n) is 8.66. The molecule has 7 heteroatoms. The van der Waals surface area contributed by atoms with Crippen LogP contribution in [-0.2, 0) is 16.0 Å². The fourth-order valence-electron chi connectivity index (χ4n) is 2.91. The number of hydrogen-bond acceptors (Lipinski definition) is 4. The lowest BCUT2D eigenvalue weighted by Crippen LogP contribution is -2.38. The molecule has 3 rings (SSSR count). The van der Waals surface area contributed by atoms with Crippen molar-refractivity contribution in [3.05, 3.63) is 59.4 Å². The third-order valence-corrected chi connectivity index (χ3v) is 4.32. The molecule has 0 radical (unpaired) electrons. The molecule has 0 aromatic heterocycles. The highest BCUT2D eigenvalue weighted by molar-refractivity contribution is 6.04. The van der Waals surface area contributed by atoms with Crippen LogP contribution in [0.15, 0.2) is 42.5 Å². The van der Waals surface area contributed by atoms with Gasteiger partial charge in [0.25, 0.3) is 5.91 Å². The van der Waals surface area contributed by atoms with E-state index in [1.54, 1.807) is 31.4 Å². The summed E-state index contributed by atoms with van der Waals surface area (Å²) in [6, 6.07) is 11.0. The monoisotopic (exact) mass is 372 g/mol.